The van der Waals surface area contributed by atoms with Gasteiger partial charge in [0.25, 0.3) is 17.0 Å². The Hall–Kier alpha value is -3.96. The maximum absolute atomic E-state index is 12.8. The quantitative estimate of drug-likeness (QED) is 0.269. The second-order valence-corrected chi connectivity index (χ2v) is 11.5. The van der Waals surface area contributed by atoms with E-state index in [0.717, 1.165) is 4.88 Å². The van der Waals surface area contributed by atoms with E-state index in [4.69, 9.17) is 25.8 Å². The number of esters is 1. The van der Waals surface area contributed by atoms with Gasteiger partial charge in [0.15, 0.2) is 0 Å². The molecule has 0 radical (unpaired) electrons. The molecule has 0 bridgehead atoms. The monoisotopic (exact) mass is 598 g/mol. The van der Waals surface area contributed by atoms with Crippen LogP contribution in [0, 0.1) is 5.92 Å². The zero-order valence-electron chi connectivity index (χ0n) is 23.1. The van der Waals surface area contributed by atoms with Crippen LogP contribution in [0.25, 0.3) is 6.08 Å². The first kappa shape index (κ1) is 30.0. The molecule has 10 nitrogen and oxygen atoms in total. The van der Waals surface area contributed by atoms with E-state index in [1.54, 1.807) is 18.3 Å². The molecule has 1 aliphatic carbocycles. The Labute approximate surface area is 247 Å². The number of ether oxygens (including phenoxy) is 3. The summed E-state index contributed by atoms with van der Waals surface area (Å²) in [6.45, 7) is 5.54. The predicted octanol–water partition coefficient (Wildman–Crippen LogP) is 5.29. The minimum absolute atomic E-state index is 0.00413. The molecule has 1 aromatic carbocycles. The Bertz CT molecular complexity index is 1450. The van der Waals surface area contributed by atoms with Crippen molar-refractivity contribution < 1.29 is 28.6 Å². The van der Waals surface area contributed by atoms with Gasteiger partial charge in [0, 0.05) is 30.1 Å². The highest BCUT2D eigenvalue weighted by atomic mass is 35.5. The molecule has 2 amide bonds. The lowest BCUT2D eigenvalue weighted by atomic mass is 10.1. The van der Waals surface area contributed by atoms with Gasteiger partial charge in [-0.05, 0) is 69.9 Å². The third-order valence-electron chi connectivity index (χ3n) is 6.07. The van der Waals surface area contributed by atoms with Crippen molar-refractivity contribution in [3.05, 3.63) is 70.0 Å². The highest BCUT2D eigenvalue weighted by Crippen LogP contribution is 2.35. The summed E-state index contributed by atoms with van der Waals surface area (Å²) >= 11 is 7.69. The molecule has 1 fully saturated rings. The normalized spacial score (nSPS) is 13.9. The van der Waals surface area contributed by atoms with E-state index in [0.29, 0.717) is 34.2 Å². The van der Waals surface area contributed by atoms with Gasteiger partial charge in [0.05, 0.1) is 23.6 Å². The first-order valence-electron chi connectivity index (χ1n) is 13.0. The Morgan fingerprint density at radius 1 is 1.17 bits per heavy atom. The first-order valence-corrected chi connectivity index (χ1v) is 14.2. The summed E-state index contributed by atoms with van der Waals surface area (Å²) in [5.41, 5.74) is -1.01. The number of nitrogens with zero attached hydrogens (tertiary/aromatic N) is 2. The van der Waals surface area contributed by atoms with Crippen LogP contribution in [-0.2, 0) is 9.53 Å². The number of hydrogen-bond donors (Lipinski definition) is 2. The molecule has 41 heavy (non-hydrogen) atoms. The summed E-state index contributed by atoms with van der Waals surface area (Å²) in [4.78, 5) is 46.4. The topological polar surface area (TPSA) is 129 Å². The highest BCUT2D eigenvalue weighted by Gasteiger charge is 2.31. The van der Waals surface area contributed by atoms with Crippen molar-refractivity contribution in [3.63, 3.8) is 0 Å². The minimum atomic E-state index is -1.26. The molecule has 1 aliphatic rings. The fourth-order valence-corrected chi connectivity index (χ4v) is 4.47. The second kappa shape index (κ2) is 13.1. The fraction of sp³-hybridized carbons (Fsp3) is 0.345. The SMILES string of the molecule is COC(=O)C(C)(C)NC(=O)c1cc(C(=O)N[C@@H](C)/C=C/c2cnc(Oc3ccc(OCC4CC4)cc3Cl)s2)ccn1. The lowest BCUT2D eigenvalue weighted by Crippen LogP contribution is -2.50. The summed E-state index contributed by atoms with van der Waals surface area (Å²) in [7, 11) is 1.23. The number of nitrogens with one attached hydrogen (secondary N) is 2. The number of amides is 2. The van der Waals surface area contributed by atoms with E-state index in [-0.39, 0.29) is 17.3 Å². The van der Waals surface area contributed by atoms with Gasteiger partial charge in [-0.3, -0.25) is 14.6 Å². The molecule has 1 saturated carbocycles. The lowest BCUT2D eigenvalue weighted by molar-refractivity contribution is -0.146. The Morgan fingerprint density at radius 2 is 1.95 bits per heavy atom. The molecular weight excluding hydrogens is 568 g/mol. The van der Waals surface area contributed by atoms with Crippen molar-refractivity contribution >= 4 is 46.8 Å². The fourth-order valence-electron chi connectivity index (χ4n) is 3.57. The number of aromatic nitrogens is 2. The van der Waals surface area contributed by atoms with Gasteiger partial charge in [-0.1, -0.05) is 29.0 Å². The number of pyridine rings is 1. The van der Waals surface area contributed by atoms with Gasteiger partial charge in [-0.15, -0.1) is 0 Å². The van der Waals surface area contributed by atoms with Crippen LogP contribution in [0.1, 0.15) is 59.3 Å². The van der Waals surface area contributed by atoms with Gasteiger partial charge >= 0.3 is 5.97 Å². The molecule has 2 aromatic heterocycles. The van der Waals surface area contributed by atoms with Gasteiger partial charge < -0.3 is 24.8 Å². The summed E-state index contributed by atoms with van der Waals surface area (Å²) < 4.78 is 16.3. The number of thiazole rings is 1. The Balaban J connectivity index is 1.30. The van der Waals surface area contributed by atoms with Crippen LogP contribution in [0.3, 0.4) is 0 Å². The minimum Gasteiger partial charge on any atom is -0.493 e. The largest absolute Gasteiger partial charge is 0.493 e. The maximum atomic E-state index is 12.8. The van der Waals surface area contributed by atoms with Crippen LogP contribution in [0.5, 0.6) is 16.7 Å². The van der Waals surface area contributed by atoms with E-state index < -0.39 is 23.3 Å². The van der Waals surface area contributed by atoms with Crippen molar-refractivity contribution in [2.75, 3.05) is 13.7 Å². The van der Waals surface area contributed by atoms with Gasteiger partial charge in [0.2, 0.25) is 0 Å². The zero-order chi connectivity index (χ0) is 29.6. The number of benzene rings is 1. The second-order valence-electron chi connectivity index (χ2n) is 10.1. The van der Waals surface area contributed by atoms with E-state index in [1.807, 2.05) is 25.1 Å². The van der Waals surface area contributed by atoms with Crippen LogP contribution in [0.4, 0.5) is 0 Å². The van der Waals surface area contributed by atoms with E-state index >= 15 is 0 Å². The van der Waals surface area contributed by atoms with Crippen molar-refractivity contribution in [2.45, 2.75) is 45.2 Å². The number of carbonyl (C=O) groups excluding carboxylic acids is 3. The summed E-state index contributed by atoms with van der Waals surface area (Å²) in [5.74, 6) is 0.241. The van der Waals surface area contributed by atoms with Crippen molar-refractivity contribution in [3.8, 4) is 16.7 Å². The van der Waals surface area contributed by atoms with Crippen LogP contribution in [0.2, 0.25) is 5.02 Å². The molecule has 216 valence electrons. The van der Waals surface area contributed by atoms with Gasteiger partial charge in [-0.25, -0.2) is 9.78 Å². The number of rotatable bonds is 12. The van der Waals surface area contributed by atoms with Gasteiger partial charge in [0.1, 0.15) is 22.7 Å². The average molecular weight is 599 g/mol. The smallest absolute Gasteiger partial charge is 0.330 e. The van der Waals surface area contributed by atoms with Crippen LogP contribution in [0.15, 0.2) is 48.8 Å². The van der Waals surface area contributed by atoms with Crippen molar-refractivity contribution in [1.82, 2.24) is 20.6 Å². The molecule has 0 spiro atoms. The Morgan fingerprint density at radius 3 is 2.66 bits per heavy atom. The zero-order valence-corrected chi connectivity index (χ0v) is 24.7. The average Bonchev–Trinajstić information content (AvgIpc) is 3.68. The molecule has 1 atom stereocenters. The predicted molar refractivity (Wildman–Crippen MR) is 156 cm³/mol. The molecule has 0 saturated heterocycles. The number of hydrogen-bond acceptors (Lipinski definition) is 9. The summed E-state index contributed by atoms with van der Waals surface area (Å²) in [6.07, 6.45) is 9.08. The van der Waals surface area contributed by atoms with Crippen LogP contribution in [-0.4, -0.2) is 53.0 Å². The molecule has 2 N–H and O–H groups in total. The third kappa shape index (κ3) is 8.51. The van der Waals surface area contributed by atoms with Crippen molar-refractivity contribution in [1.29, 1.82) is 0 Å². The van der Waals surface area contributed by atoms with Gasteiger partial charge in [-0.2, -0.15) is 0 Å². The van der Waals surface area contributed by atoms with Crippen molar-refractivity contribution in [2.24, 2.45) is 5.92 Å². The molecule has 3 aromatic rings. The Kier molecular flexibility index (Phi) is 9.61. The molecule has 12 heteroatoms. The molecule has 0 unspecified atom stereocenters. The van der Waals surface area contributed by atoms with Crippen LogP contribution >= 0.6 is 22.9 Å². The number of halogens is 1. The lowest BCUT2D eigenvalue weighted by Gasteiger charge is -2.22. The summed E-state index contributed by atoms with van der Waals surface area (Å²) in [5, 5.41) is 6.27. The molecular formula is C29H31ClN4O6S. The standard InChI is InChI=1S/C29H31ClN4O6S/c1-17(33-25(35)19-11-12-31-23(13-19)26(36)34-29(2,3)27(37)38-4)5-9-21-15-32-28(41-21)40-24-10-8-20(14-22(24)30)39-16-18-6-7-18/h5,8-15,17-18H,6-7,16H2,1-4H3,(H,33,35)(H,34,36)/b9-5+/t17-/m0/s1. The van der Waals surface area contributed by atoms with Crippen LogP contribution < -0.4 is 20.1 Å². The third-order valence-corrected chi connectivity index (χ3v) is 7.21. The summed E-state index contributed by atoms with van der Waals surface area (Å²) in [6, 6.07) is 7.84. The van der Waals surface area contributed by atoms with E-state index in [2.05, 4.69) is 20.6 Å². The maximum Gasteiger partial charge on any atom is 0.330 e. The first-order chi connectivity index (χ1) is 19.5. The number of carbonyl (C=O) groups is 3. The molecule has 0 aliphatic heterocycles. The number of methoxy groups -OCH3 is 1. The van der Waals surface area contributed by atoms with E-state index in [1.165, 1.54) is 63.5 Å². The van der Waals surface area contributed by atoms with E-state index in [9.17, 15) is 14.4 Å². The molecule has 4 rings (SSSR count). The molecule has 2 heterocycles. The highest BCUT2D eigenvalue weighted by molar-refractivity contribution is 7.14.